The first-order valence-corrected chi connectivity index (χ1v) is 9.54. The van der Waals surface area contributed by atoms with Crippen LogP contribution in [0, 0.1) is 6.92 Å². The molecule has 0 atom stereocenters. The molecule has 2 aromatic carbocycles. The predicted octanol–water partition coefficient (Wildman–Crippen LogP) is 4.12. The van der Waals surface area contributed by atoms with Crippen LogP contribution in [0.25, 0.3) is 11.1 Å². The van der Waals surface area contributed by atoms with Crippen LogP contribution in [0.2, 0.25) is 0 Å². The molecule has 0 saturated carbocycles. The largest absolute Gasteiger partial charge is 0.478 e. The van der Waals surface area contributed by atoms with Crippen LogP contribution < -0.4 is 0 Å². The lowest BCUT2D eigenvalue weighted by atomic mass is 9.96. The van der Waals surface area contributed by atoms with Gasteiger partial charge in [0.15, 0.2) is 5.82 Å². The number of benzene rings is 2. The number of carboxylic acid groups (broad SMARTS) is 1. The lowest BCUT2D eigenvalue weighted by Gasteiger charge is -2.30. The number of rotatable bonds is 5. The quantitative estimate of drug-likeness (QED) is 0.720. The van der Waals surface area contributed by atoms with Crippen molar-refractivity contribution in [2.24, 2.45) is 0 Å². The molecule has 1 aliphatic rings. The third kappa shape index (κ3) is 3.97. The Kier molecular flexibility index (Phi) is 5.21. The van der Waals surface area contributed by atoms with Crippen molar-refractivity contribution in [3.8, 4) is 11.1 Å². The van der Waals surface area contributed by atoms with Crippen LogP contribution >= 0.6 is 0 Å². The first-order chi connectivity index (χ1) is 13.6. The van der Waals surface area contributed by atoms with Crippen molar-refractivity contribution in [1.82, 2.24) is 15.0 Å². The Bertz CT molecular complexity index is 957. The van der Waals surface area contributed by atoms with E-state index in [1.807, 2.05) is 31.2 Å². The molecule has 1 saturated heterocycles. The van der Waals surface area contributed by atoms with Crippen LogP contribution in [0.15, 0.2) is 53.1 Å². The van der Waals surface area contributed by atoms with Gasteiger partial charge in [0.1, 0.15) is 0 Å². The normalized spacial score (nSPS) is 15.6. The monoisotopic (exact) mass is 377 g/mol. The van der Waals surface area contributed by atoms with Crippen molar-refractivity contribution in [3.05, 3.63) is 71.4 Å². The Labute approximate surface area is 163 Å². The summed E-state index contributed by atoms with van der Waals surface area (Å²) in [7, 11) is 0. The summed E-state index contributed by atoms with van der Waals surface area (Å²) in [6.45, 7) is 4.72. The maximum atomic E-state index is 11.4. The lowest BCUT2D eigenvalue weighted by molar-refractivity contribution is 0.0697. The molecular formula is C22H23N3O3. The molecule has 6 nitrogen and oxygen atoms in total. The molecule has 28 heavy (non-hydrogen) atoms. The maximum absolute atomic E-state index is 11.4. The van der Waals surface area contributed by atoms with Crippen molar-refractivity contribution < 1.29 is 14.4 Å². The number of nitrogens with zero attached hydrogens (tertiary/aromatic N) is 3. The maximum Gasteiger partial charge on any atom is 0.336 e. The number of aryl methyl sites for hydroxylation is 1. The van der Waals surface area contributed by atoms with E-state index in [-0.39, 0.29) is 0 Å². The van der Waals surface area contributed by atoms with Crippen molar-refractivity contribution in [1.29, 1.82) is 0 Å². The number of hydrogen-bond donors (Lipinski definition) is 1. The van der Waals surface area contributed by atoms with Gasteiger partial charge in [-0.05, 0) is 55.6 Å². The minimum Gasteiger partial charge on any atom is -0.478 e. The number of likely N-dealkylation sites (tertiary alicyclic amines) is 1. The molecule has 1 N–H and O–H groups in total. The summed E-state index contributed by atoms with van der Waals surface area (Å²) in [5.74, 6) is 0.909. The average molecular weight is 377 g/mol. The van der Waals surface area contributed by atoms with E-state index in [1.165, 1.54) is 5.56 Å². The van der Waals surface area contributed by atoms with Gasteiger partial charge in [-0.25, -0.2) is 4.79 Å². The number of carbonyl (C=O) groups is 1. The van der Waals surface area contributed by atoms with Crippen LogP contribution in [0.4, 0.5) is 0 Å². The lowest BCUT2D eigenvalue weighted by Crippen LogP contribution is -2.32. The van der Waals surface area contributed by atoms with Gasteiger partial charge in [0, 0.05) is 12.5 Å². The molecule has 0 radical (unpaired) electrons. The fraction of sp³-hybridized carbons (Fsp3) is 0.318. The van der Waals surface area contributed by atoms with Crippen LogP contribution in [0.5, 0.6) is 0 Å². The summed E-state index contributed by atoms with van der Waals surface area (Å²) in [5, 5.41) is 13.3. The molecule has 1 aromatic heterocycles. The van der Waals surface area contributed by atoms with Gasteiger partial charge in [0.05, 0.1) is 5.56 Å². The SMILES string of the molecule is Cc1noc(C2CCN(Cc3ccc(-c4ccccc4C(=O)O)cc3)CC2)n1. The fourth-order valence-corrected chi connectivity index (χ4v) is 3.79. The minimum atomic E-state index is -0.904. The third-order valence-corrected chi connectivity index (χ3v) is 5.31. The Morgan fingerprint density at radius 1 is 1.14 bits per heavy atom. The van der Waals surface area contributed by atoms with Gasteiger partial charge in [0.2, 0.25) is 5.89 Å². The van der Waals surface area contributed by atoms with Crippen molar-refractivity contribution in [3.63, 3.8) is 0 Å². The van der Waals surface area contributed by atoms with E-state index in [1.54, 1.807) is 12.1 Å². The number of piperidine rings is 1. The molecule has 144 valence electrons. The van der Waals surface area contributed by atoms with E-state index in [0.29, 0.717) is 17.3 Å². The number of aromatic carboxylic acids is 1. The second-order valence-electron chi connectivity index (χ2n) is 7.28. The predicted molar refractivity (Wildman–Crippen MR) is 105 cm³/mol. The Balaban J connectivity index is 1.39. The van der Waals surface area contributed by atoms with Crippen molar-refractivity contribution >= 4 is 5.97 Å². The summed E-state index contributed by atoms with van der Waals surface area (Å²) in [4.78, 5) is 18.2. The summed E-state index contributed by atoms with van der Waals surface area (Å²) in [5.41, 5.74) is 3.22. The molecule has 3 aromatic rings. The van der Waals surface area contributed by atoms with Crippen molar-refractivity contribution in [2.45, 2.75) is 32.2 Å². The highest BCUT2D eigenvalue weighted by Crippen LogP contribution is 2.28. The second-order valence-corrected chi connectivity index (χ2v) is 7.28. The van der Waals surface area contributed by atoms with E-state index >= 15 is 0 Å². The van der Waals surface area contributed by atoms with Gasteiger partial charge in [-0.15, -0.1) is 0 Å². The van der Waals surface area contributed by atoms with Gasteiger partial charge in [-0.3, -0.25) is 4.90 Å². The standard InChI is InChI=1S/C22H23N3O3/c1-15-23-21(28-24-15)18-10-12-25(13-11-18)14-16-6-8-17(9-7-16)19-4-2-3-5-20(19)22(26)27/h2-9,18H,10-14H2,1H3,(H,26,27). The van der Waals surface area contributed by atoms with Gasteiger partial charge in [-0.2, -0.15) is 4.98 Å². The van der Waals surface area contributed by atoms with Crippen LogP contribution in [0.1, 0.15) is 46.4 Å². The number of hydrogen-bond acceptors (Lipinski definition) is 5. The van der Waals surface area contributed by atoms with Gasteiger partial charge in [-0.1, -0.05) is 47.6 Å². The summed E-state index contributed by atoms with van der Waals surface area (Å²) >= 11 is 0. The molecule has 2 heterocycles. The zero-order valence-electron chi connectivity index (χ0n) is 15.8. The van der Waals surface area contributed by atoms with Crippen LogP contribution in [0.3, 0.4) is 0 Å². The van der Waals surface area contributed by atoms with E-state index in [9.17, 15) is 9.90 Å². The van der Waals surface area contributed by atoms with Gasteiger partial charge in [0.25, 0.3) is 0 Å². The summed E-state index contributed by atoms with van der Waals surface area (Å²) in [6, 6.07) is 15.3. The summed E-state index contributed by atoms with van der Waals surface area (Å²) in [6.07, 6.45) is 2.04. The number of carboxylic acids is 1. The smallest absolute Gasteiger partial charge is 0.336 e. The first kappa shape index (κ1) is 18.4. The molecular weight excluding hydrogens is 354 g/mol. The van der Waals surface area contributed by atoms with E-state index < -0.39 is 5.97 Å². The average Bonchev–Trinajstić information content (AvgIpc) is 3.15. The zero-order chi connectivity index (χ0) is 19.5. The summed E-state index contributed by atoms with van der Waals surface area (Å²) < 4.78 is 5.32. The van der Waals surface area contributed by atoms with Crippen LogP contribution in [-0.4, -0.2) is 39.2 Å². The van der Waals surface area contributed by atoms with E-state index in [2.05, 4.69) is 27.2 Å². The first-order valence-electron chi connectivity index (χ1n) is 9.54. The zero-order valence-corrected chi connectivity index (χ0v) is 15.8. The van der Waals surface area contributed by atoms with Gasteiger partial charge >= 0.3 is 5.97 Å². The minimum absolute atomic E-state index is 0.327. The molecule has 0 bridgehead atoms. The molecule has 4 rings (SSSR count). The Hall–Kier alpha value is -2.99. The van der Waals surface area contributed by atoms with E-state index in [4.69, 9.17) is 4.52 Å². The Morgan fingerprint density at radius 2 is 1.86 bits per heavy atom. The highest BCUT2D eigenvalue weighted by Gasteiger charge is 2.24. The third-order valence-electron chi connectivity index (χ3n) is 5.31. The molecule has 0 unspecified atom stereocenters. The Morgan fingerprint density at radius 3 is 2.50 bits per heavy atom. The highest BCUT2D eigenvalue weighted by molar-refractivity contribution is 5.95. The molecule has 1 fully saturated rings. The second kappa shape index (κ2) is 7.94. The van der Waals surface area contributed by atoms with E-state index in [0.717, 1.165) is 49.5 Å². The number of aromatic nitrogens is 2. The molecule has 1 aliphatic heterocycles. The van der Waals surface area contributed by atoms with Gasteiger partial charge < -0.3 is 9.63 Å². The molecule has 0 aliphatic carbocycles. The molecule has 6 heteroatoms. The topological polar surface area (TPSA) is 79.5 Å². The molecule has 0 amide bonds. The van der Waals surface area contributed by atoms with Crippen molar-refractivity contribution in [2.75, 3.05) is 13.1 Å². The highest BCUT2D eigenvalue weighted by atomic mass is 16.5. The fourth-order valence-electron chi connectivity index (χ4n) is 3.79. The van der Waals surface area contributed by atoms with Crippen LogP contribution in [-0.2, 0) is 6.54 Å². The molecule has 0 spiro atoms.